The van der Waals surface area contributed by atoms with Crippen molar-refractivity contribution in [3.05, 3.63) is 101 Å². The number of methoxy groups -OCH3 is 1. The minimum Gasteiger partial charge on any atom is -0.465 e. The van der Waals surface area contributed by atoms with Crippen molar-refractivity contribution in [3.8, 4) is 0 Å². The van der Waals surface area contributed by atoms with Gasteiger partial charge in [-0.15, -0.1) is 0 Å². The van der Waals surface area contributed by atoms with Crippen LogP contribution in [0.25, 0.3) is 6.08 Å². The molecule has 1 N–H and O–H groups in total. The first-order valence-corrected chi connectivity index (χ1v) is 11.9. The average molecular weight is 497 g/mol. The highest BCUT2D eigenvalue weighted by molar-refractivity contribution is 7.89. The van der Waals surface area contributed by atoms with Crippen LogP contribution in [0.4, 0.5) is 10.1 Å². The number of benzene rings is 2. The lowest BCUT2D eigenvalue weighted by molar-refractivity contribution is -0.137. The lowest BCUT2D eigenvalue weighted by Gasteiger charge is -2.21. The van der Waals surface area contributed by atoms with E-state index in [9.17, 15) is 22.4 Å². The standard InChI is InChI=1S/C25H21FN2O6S/c1-16-23(25(30)33-2)24(29)22(28(16)18-10-8-17(26)9-11-18)14-19-12-13-20(34-19)15-27-35(31,32)21-6-4-3-5-7-21/h3-14,27H,15H2,1-2H3. The minimum absolute atomic E-state index is 0.0975. The minimum atomic E-state index is -3.73. The van der Waals surface area contributed by atoms with Gasteiger partial charge in [-0.3, -0.25) is 4.79 Å². The Morgan fingerprint density at radius 2 is 1.77 bits per heavy atom. The molecule has 35 heavy (non-hydrogen) atoms. The van der Waals surface area contributed by atoms with E-state index in [1.165, 1.54) is 54.5 Å². The maximum absolute atomic E-state index is 13.5. The first-order valence-electron chi connectivity index (χ1n) is 10.5. The van der Waals surface area contributed by atoms with Gasteiger partial charge < -0.3 is 14.1 Å². The number of sulfonamides is 1. The Bertz CT molecular complexity index is 1440. The molecule has 0 aliphatic carbocycles. The van der Waals surface area contributed by atoms with Crippen LogP contribution in [0.2, 0.25) is 0 Å². The third kappa shape index (κ3) is 4.93. The van der Waals surface area contributed by atoms with E-state index in [1.54, 1.807) is 37.3 Å². The number of esters is 1. The Morgan fingerprint density at radius 3 is 2.43 bits per heavy atom. The monoisotopic (exact) mass is 496 g/mol. The number of nitrogens with zero attached hydrogens (tertiary/aromatic N) is 1. The molecule has 0 unspecified atom stereocenters. The second-order valence-corrected chi connectivity index (χ2v) is 9.33. The van der Waals surface area contributed by atoms with Crippen molar-refractivity contribution in [1.82, 2.24) is 4.72 Å². The van der Waals surface area contributed by atoms with Gasteiger partial charge in [0.15, 0.2) is 0 Å². The molecule has 0 saturated heterocycles. The van der Waals surface area contributed by atoms with Crippen LogP contribution in [0.5, 0.6) is 0 Å². The molecular formula is C25H21FN2O6S. The number of allylic oxidation sites excluding steroid dienone is 2. The fraction of sp³-hybridized carbons (Fsp3) is 0.120. The summed E-state index contributed by atoms with van der Waals surface area (Å²) in [5, 5.41) is 0. The summed E-state index contributed by atoms with van der Waals surface area (Å²) in [4.78, 5) is 27.0. The molecular weight excluding hydrogens is 475 g/mol. The molecule has 0 radical (unpaired) electrons. The fourth-order valence-electron chi connectivity index (χ4n) is 3.63. The number of hydrogen-bond donors (Lipinski definition) is 1. The van der Waals surface area contributed by atoms with Gasteiger partial charge in [-0.25, -0.2) is 22.3 Å². The van der Waals surface area contributed by atoms with Gasteiger partial charge in [0.1, 0.15) is 22.9 Å². The van der Waals surface area contributed by atoms with E-state index < -0.39 is 27.6 Å². The summed E-state index contributed by atoms with van der Waals surface area (Å²) < 4.78 is 51.3. The van der Waals surface area contributed by atoms with Crippen LogP contribution >= 0.6 is 0 Å². The predicted octanol–water partition coefficient (Wildman–Crippen LogP) is 3.77. The van der Waals surface area contributed by atoms with Crippen LogP contribution in [-0.2, 0) is 30.9 Å². The van der Waals surface area contributed by atoms with E-state index in [0.717, 1.165) is 0 Å². The predicted molar refractivity (Wildman–Crippen MR) is 126 cm³/mol. The van der Waals surface area contributed by atoms with Crippen LogP contribution in [0.1, 0.15) is 18.4 Å². The largest absolute Gasteiger partial charge is 0.465 e. The Balaban J connectivity index is 1.62. The van der Waals surface area contributed by atoms with Gasteiger partial charge in [-0.05, 0) is 55.5 Å². The number of rotatable bonds is 7. The van der Waals surface area contributed by atoms with Crippen molar-refractivity contribution in [2.75, 3.05) is 12.0 Å². The first-order chi connectivity index (χ1) is 16.7. The molecule has 2 aromatic carbocycles. The van der Waals surface area contributed by atoms with Gasteiger partial charge in [-0.1, -0.05) is 18.2 Å². The molecule has 8 nitrogen and oxygen atoms in total. The fourth-order valence-corrected chi connectivity index (χ4v) is 4.65. The van der Waals surface area contributed by atoms with Crippen LogP contribution in [0.15, 0.2) is 93.0 Å². The van der Waals surface area contributed by atoms with Crippen molar-refractivity contribution in [2.24, 2.45) is 0 Å². The quantitative estimate of drug-likeness (QED) is 0.302. The third-order valence-electron chi connectivity index (χ3n) is 5.32. The molecule has 0 saturated carbocycles. The van der Waals surface area contributed by atoms with Crippen LogP contribution < -0.4 is 9.62 Å². The van der Waals surface area contributed by atoms with E-state index >= 15 is 0 Å². The van der Waals surface area contributed by atoms with Crippen molar-refractivity contribution >= 4 is 33.5 Å². The molecule has 0 atom stereocenters. The maximum Gasteiger partial charge on any atom is 0.343 e. The number of anilines is 1. The molecule has 4 rings (SSSR count). The second kappa shape index (κ2) is 9.69. The smallest absolute Gasteiger partial charge is 0.343 e. The van der Waals surface area contributed by atoms with Gasteiger partial charge in [0, 0.05) is 17.5 Å². The Labute approximate surface area is 201 Å². The summed E-state index contributed by atoms with van der Waals surface area (Å²) in [5.74, 6) is -1.26. The lowest BCUT2D eigenvalue weighted by atomic mass is 10.1. The molecule has 1 aliphatic rings. The normalized spacial score (nSPS) is 15.2. The summed E-state index contributed by atoms with van der Waals surface area (Å²) in [5.41, 5.74) is 0.734. The van der Waals surface area contributed by atoms with Crippen LogP contribution in [0, 0.1) is 5.82 Å². The molecule has 0 bridgehead atoms. The number of furan rings is 1. The molecule has 1 aromatic heterocycles. The molecule has 10 heteroatoms. The lowest BCUT2D eigenvalue weighted by Crippen LogP contribution is -2.22. The summed E-state index contributed by atoms with van der Waals surface area (Å²) in [6.45, 7) is 1.47. The Kier molecular flexibility index (Phi) is 6.68. The number of ether oxygens (including phenoxy) is 1. The zero-order valence-electron chi connectivity index (χ0n) is 18.8. The number of nitrogens with one attached hydrogen (secondary N) is 1. The van der Waals surface area contributed by atoms with E-state index in [1.807, 2.05) is 0 Å². The maximum atomic E-state index is 13.5. The van der Waals surface area contributed by atoms with Crippen LogP contribution in [-0.4, -0.2) is 27.3 Å². The summed E-state index contributed by atoms with van der Waals surface area (Å²) in [6, 6.07) is 16.5. The average Bonchev–Trinajstić information content (AvgIpc) is 3.40. The summed E-state index contributed by atoms with van der Waals surface area (Å²) >= 11 is 0. The molecule has 180 valence electrons. The summed E-state index contributed by atoms with van der Waals surface area (Å²) in [7, 11) is -2.56. The Morgan fingerprint density at radius 1 is 1.09 bits per heavy atom. The topological polar surface area (TPSA) is 106 Å². The molecule has 0 spiro atoms. The highest BCUT2D eigenvalue weighted by Gasteiger charge is 2.38. The van der Waals surface area contributed by atoms with E-state index in [-0.39, 0.29) is 28.5 Å². The van der Waals surface area contributed by atoms with Gasteiger partial charge >= 0.3 is 5.97 Å². The van der Waals surface area contributed by atoms with Crippen LogP contribution in [0.3, 0.4) is 0 Å². The molecule has 0 fully saturated rings. The van der Waals surface area contributed by atoms with Gasteiger partial charge in [0.25, 0.3) is 0 Å². The van der Waals surface area contributed by atoms with E-state index in [0.29, 0.717) is 17.1 Å². The van der Waals surface area contributed by atoms with E-state index in [2.05, 4.69) is 4.72 Å². The number of halogens is 1. The second-order valence-electron chi connectivity index (χ2n) is 7.56. The zero-order valence-corrected chi connectivity index (χ0v) is 19.6. The highest BCUT2D eigenvalue weighted by atomic mass is 32.2. The Hall–Kier alpha value is -4.02. The van der Waals surface area contributed by atoms with Gasteiger partial charge in [0.05, 0.1) is 24.2 Å². The molecule has 0 amide bonds. The highest BCUT2D eigenvalue weighted by Crippen LogP contribution is 2.35. The molecule has 3 aromatic rings. The number of hydrogen-bond acceptors (Lipinski definition) is 7. The third-order valence-corrected chi connectivity index (χ3v) is 6.74. The zero-order chi connectivity index (χ0) is 25.2. The molecule has 1 aliphatic heterocycles. The van der Waals surface area contributed by atoms with Crippen molar-refractivity contribution < 1.29 is 31.6 Å². The van der Waals surface area contributed by atoms with Crippen molar-refractivity contribution in [3.63, 3.8) is 0 Å². The number of carbonyl (C=O) groups excluding carboxylic acids is 2. The number of carbonyl (C=O) groups is 2. The number of Topliss-reactive ketones (excluding diaryl/α,β-unsaturated/α-hetero) is 1. The van der Waals surface area contributed by atoms with Crippen molar-refractivity contribution in [2.45, 2.75) is 18.4 Å². The molecule has 2 heterocycles. The summed E-state index contributed by atoms with van der Waals surface area (Å²) in [6.07, 6.45) is 1.43. The SMILES string of the molecule is COC(=O)C1=C(C)N(c2ccc(F)cc2)C(=Cc2ccc(CNS(=O)(=O)c3ccccc3)o2)C1=O. The van der Waals surface area contributed by atoms with Gasteiger partial charge in [-0.2, -0.15) is 0 Å². The van der Waals surface area contributed by atoms with Crippen molar-refractivity contribution in [1.29, 1.82) is 0 Å². The number of ketones is 1. The van der Waals surface area contributed by atoms with E-state index in [4.69, 9.17) is 9.15 Å². The van der Waals surface area contributed by atoms with Gasteiger partial charge in [0.2, 0.25) is 15.8 Å². The first kappa shape index (κ1) is 24.1.